The smallest absolute Gasteiger partial charge is 0.418 e. The molecule has 40 heavy (non-hydrogen) atoms. The number of carbonyl (C=O) groups is 1. The van der Waals surface area contributed by atoms with Crippen LogP contribution in [0.25, 0.3) is 22.3 Å². The molecule has 13 heteroatoms. The number of nitrogens with one attached hydrogen (secondary N) is 1. The summed E-state index contributed by atoms with van der Waals surface area (Å²) >= 11 is 0. The SMILES string of the molecule is COc1ccc(-c2noc(Cn3c(=O)c4ccccc4n(CC(=O)Nc4ccccc4C(F)(F)F)c3=O)n2)cc1. The molecule has 2 aromatic heterocycles. The van der Waals surface area contributed by atoms with Crippen LogP contribution in [0, 0.1) is 0 Å². The zero-order valence-corrected chi connectivity index (χ0v) is 20.8. The molecule has 0 aliphatic heterocycles. The largest absolute Gasteiger partial charge is 0.497 e. The fourth-order valence-electron chi connectivity index (χ4n) is 4.15. The maximum atomic E-state index is 13.4. The number of fused-ring (bicyclic) bond motifs is 1. The van der Waals surface area contributed by atoms with Crippen molar-refractivity contribution in [2.45, 2.75) is 19.3 Å². The van der Waals surface area contributed by atoms with E-state index in [1.54, 1.807) is 36.4 Å². The van der Waals surface area contributed by atoms with Crippen LogP contribution in [0.3, 0.4) is 0 Å². The first-order valence-corrected chi connectivity index (χ1v) is 11.8. The fraction of sp³-hybridized carbons (Fsp3) is 0.148. The van der Waals surface area contributed by atoms with Gasteiger partial charge < -0.3 is 14.6 Å². The summed E-state index contributed by atoms with van der Waals surface area (Å²) in [5.74, 6) is -0.0969. The van der Waals surface area contributed by atoms with Crippen LogP contribution in [0.15, 0.2) is 86.9 Å². The molecule has 10 nitrogen and oxygen atoms in total. The van der Waals surface area contributed by atoms with Gasteiger partial charge in [-0.2, -0.15) is 18.2 Å². The van der Waals surface area contributed by atoms with Gasteiger partial charge in [0.2, 0.25) is 17.6 Å². The predicted octanol–water partition coefficient (Wildman–Crippen LogP) is 3.93. The fourth-order valence-corrected chi connectivity index (χ4v) is 4.15. The van der Waals surface area contributed by atoms with E-state index in [0.717, 1.165) is 21.3 Å². The Bertz CT molecular complexity index is 1820. The molecule has 204 valence electrons. The highest BCUT2D eigenvalue weighted by Crippen LogP contribution is 2.34. The van der Waals surface area contributed by atoms with Gasteiger partial charge in [-0.05, 0) is 48.5 Å². The number of nitrogens with zero attached hydrogens (tertiary/aromatic N) is 4. The Labute approximate surface area is 223 Å². The molecule has 0 atom stereocenters. The van der Waals surface area contributed by atoms with Crippen LogP contribution < -0.4 is 21.3 Å². The number of rotatable bonds is 7. The van der Waals surface area contributed by atoms with Crippen LogP contribution >= 0.6 is 0 Å². The summed E-state index contributed by atoms with van der Waals surface area (Å²) in [6.07, 6.45) is -4.70. The minimum Gasteiger partial charge on any atom is -0.497 e. The van der Waals surface area contributed by atoms with E-state index < -0.39 is 47.7 Å². The van der Waals surface area contributed by atoms with Crippen molar-refractivity contribution in [3.63, 3.8) is 0 Å². The first-order valence-electron chi connectivity index (χ1n) is 11.8. The molecule has 5 aromatic rings. The topological polar surface area (TPSA) is 121 Å². The summed E-state index contributed by atoms with van der Waals surface area (Å²) < 4.78 is 52.3. The number of methoxy groups -OCH3 is 1. The Morgan fingerprint density at radius 2 is 1.68 bits per heavy atom. The number of alkyl halides is 3. The zero-order valence-electron chi connectivity index (χ0n) is 20.8. The van der Waals surface area contributed by atoms with Crippen molar-refractivity contribution in [3.8, 4) is 17.1 Å². The molecule has 0 saturated carbocycles. The van der Waals surface area contributed by atoms with Crippen LogP contribution in [-0.2, 0) is 24.1 Å². The van der Waals surface area contributed by atoms with Gasteiger partial charge in [-0.1, -0.05) is 29.4 Å². The van der Waals surface area contributed by atoms with Crippen LogP contribution in [0.4, 0.5) is 18.9 Å². The number of aromatic nitrogens is 4. The van der Waals surface area contributed by atoms with E-state index in [2.05, 4.69) is 15.5 Å². The van der Waals surface area contributed by atoms with Crippen molar-refractivity contribution >= 4 is 22.5 Å². The zero-order chi connectivity index (χ0) is 28.4. The molecule has 2 heterocycles. The van der Waals surface area contributed by atoms with E-state index in [1.807, 2.05) is 0 Å². The Balaban J connectivity index is 1.48. The maximum absolute atomic E-state index is 13.4. The third-order valence-corrected chi connectivity index (χ3v) is 6.05. The summed E-state index contributed by atoms with van der Waals surface area (Å²) in [6.45, 7) is -1.06. The Morgan fingerprint density at radius 1 is 0.975 bits per heavy atom. The van der Waals surface area contributed by atoms with E-state index in [1.165, 1.54) is 31.4 Å². The number of amides is 1. The number of benzene rings is 3. The molecule has 0 unspecified atom stereocenters. The number of hydrogen-bond donors (Lipinski definition) is 1. The highest BCUT2D eigenvalue weighted by molar-refractivity contribution is 5.92. The molecule has 0 aliphatic rings. The third-order valence-electron chi connectivity index (χ3n) is 6.05. The van der Waals surface area contributed by atoms with E-state index in [-0.39, 0.29) is 22.6 Å². The molecule has 0 fully saturated rings. The van der Waals surface area contributed by atoms with Gasteiger partial charge in [-0.3, -0.25) is 18.7 Å². The molecular weight excluding hydrogens is 531 g/mol. The molecule has 0 radical (unpaired) electrons. The average Bonchev–Trinajstić information content (AvgIpc) is 3.42. The molecule has 3 aromatic carbocycles. The lowest BCUT2D eigenvalue weighted by Gasteiger charge is -2.15. The average molecular weight is 551 g/mol. The molecule has 1 amide bonds. The van der Waals surface area contributed by atoms with Crippen molar-refractivity contribution in [3.05, 3.63) is 105 Å². The molecule has 1 N–H and O–H groups in total. The third kappa shape index (κ3) is 5.21. The number of ether oxygens (including phenoxy) is 1. The lowest BCUT2D eigenvalue weighted by Crippen LogP contribution is -2.42. The van der Waals surface area contributed by atoms with Crippen molar-refractivity contribution < 1.29 is 27.2 Å². The van der Waals surface area contributed by atoms with E-state index >= 15 is 0 Å². The van der Waals surface area contributed by atoms with E-state index in [0.29, 0.717) is 11.3 Å². The second-order valence-corrected chi connectivity index (χ2v) is 8.61. The summed E-state index contributed by atoms with van der Waals surface area (Å²) in [4.78, 5) is 43.7. The van der Waals surface area contributed by atoms with Crippen LogP contribution in [0.1, 0.15) is 11.5 Å². The number of halogens is 3. The number of anilines is 1. The summed E-state index contributed by atoms with van der Waals surface area (Å²) in [6, 6.07) is 17.4. The Hall–Kier alpha value is -5.20. The summed E-state index contributed by atoms with van der Waals surface area (Å²) in [7, 11) is 1.53. The Kier molecular flexibility index (Phi) is 6.94. The van der Waals surface area contributed by atoms with Crippen LogP contribution in [0.5, 0.6) is 5.75 Å². The van der Waals surface area contributed by atoms with Gasteiger partial charge in [-0.25, -0.2) is 4.79 Å². The van der Waals surface area contributed by atoms with E-state index in [4.69, 9.17) is 9.26 Å². The summed E-state index contributed by atoms with van der Waals surface area (Å²) in [5.41, 5.74) is -2.29. The van der Waals surface area contributed by atoms with Gasteiger partial charge >= 0.3 is 11.9 Å². The second-order valence-electron chi connectivity index (χ2n) is 8.61. The lowest BCUT2D eigenvalue weighted by atomic mass is 10.1. The molecule has 5 rings (SSSR count). The first kappa shape index (κ1) is 26.4. The molecular formula is C27H20F3N5O5. The van der Waals surface area contributed by atoms with Crippen molar-refractivity contribution in [1.29, 1.82) is 0 Å². The van der Waals surface area contributed by atoms with Gasteiger partial charge in [0, 0.05) is 5.56 Å². The quantitative estimate of drug-likeness (QED) is 0.325. The normalized spacial score (nSPS) is 11.5. The Morgan fingerprint density at radius 3 is 2.40 bits per heavy atom. The maximum Gasteiger partial charge on any atom is 0.418 e. The summed E-state index contributed by atoms with van der Waals surface area (Å²) in [5, 5.41) is 6.22. The minimum absolute atomic E-state index is 0.0459. The highest BCUT2D eigenvalue weighted by atomic mass is 19.4. The van der Waals surface area contributed by atoms with E-state index in [9.17, 15) is 27.6 Å². The first-order chi connectivity index (χ1) is 19.2. The highest BCUT2D eigenvalue weighted by Gasteiger charge is 2.33. The van der Waals surface area contributed by atoms with Gasteiger partial charge in [0.1, 0.15) is 18.8 Å². The predicted molar refractivity (Wildman–Crippen MR) is 138 cm³/mol. The lowest BCUT2D eigenvalue weighted by molar-refractivity contribution is -0.137. The van der Waals surface area contributed by atoms with Crippen molar-refractivity contribution in [2.24, 2.45) is 0 Å². The van der Waals surface area contributed by atoms with Crippen molar-refractivity contribution in [1.82, 2.24) is 19.3 Å². The van der Waals surface area contributed by atoms with Gasteiger partial charge in [0.05, 0.1) is 29.3 Å². The van der Waals surface area contributed by atoms with Crippen molar-refractivity contribution in [2.75, 3.05) is 12.4 Å². The molecule has 0 bridgehead atoms. The van der Waals surface area contributed by atoms with Crippen LogP contribution in [-0.4, -0.2) is 32.3 Å². The van der Waals surface area contributed by atoms with Gasteiger partial charge in [-0.15, -0.1) is 0 Å². The molecule has 0 saturated heterocycles. The van der Waals surface area contributed by atoms with Crippen LogP contribution in [0.2, 0.25) is 0 Å². The standard InChI is InChI=1S/C27H20F3N5O5/c1-39-17-12-10-16(11-13-17)24-32-23(40-33-24)15-35-25(37)18-6-2-5-9-21(18)34(26(35)38)14-22(36)31-20-8-4-3-7-19(20)27(28,29)30/h2-13H,14-15H2,1H3,(H,31,36). The van der Waals surface area contributed by atoms with Gasteiger partial charge in [0.15, 0.2) is 0 Å². The number of hydrogen-bond acceptors (Lipinski definition) is 7. The molecule has 0 aliphatic carbocycles. The van der Waals surface area contributed by atoms with Gasteiger partial charge in [0.25, 0.3) is 5.56 Å². The number of para-hydroxylation sites is 2. The second kappa shape index (κ2) is 10.5. The molecule has 0 spiro atoms. The minimum atomic E-state index is -4.70. The number of carbonyl (C=O) groups excluding carboxylic acids is 1. The monoisotopic (exact) mass is 551 g/mol.